The molecule has 272 valence electrons. The second kappa shape index (κ2) is 14.2. The average molecular weight is 740 g/mol. The Morgan fingerprint density at radius 2 is 0.966 bits per heavy atom. The van der Waals surface area contributed by atoms with Crippen molar-refractivity contribution in [2.24, 2.45) is 5.92 Å². The molecule has 2 atom stereocenters. The number of nitrogens with zero attached hydrogens (tertiary/aromatic N) is 3. The largest absolute Gasteiger partial charge is 0.264 e. The first-order valence-electron chi connectivity index (χ1n) is 19.9. The number of aromatic nitrogens is 3. The van der Waals surface area contributed by atoms with Crippen molar-refractivity contribution in [3.63, 3.8) is 0 Å². The second-order valence-corrected chi connectivity index (χ2v) is 15.1. The standard InChI is InChI=1S/C55H37N3/c1-2-15-36(16-3-1)53-46-26-8-10-28-48(46)54(49-29-11-9-27-47(49)53)40-20-13-21-41(32-40)55-57-51(39-19-12-18-37(31-39)42-22-14-30-56-35-42)34-52(58-55)50-33-38-17-4-5-23-43(38)44-24-6-7-25-45(44)50/h1-35,44-45H. The summed E-state index contributed by atoms with van der Waals surface area (Å²) >= 11 is 0. The van der Waals surface area contributed by atoms with Gasteiger partial charge < -0.3 is 0 Å². The average Bonchev–Trinajstić information content (AvgIpc) is 3.31. The Morgan fingerprint density at radius 3 is 1.71 bits per heavy atom. The van der Waals surface area contributed by atoms with Crippen molar-refractivity contribution >= 4 is 33.2 Å². The zero-order valence-electron chi connectivity index (χ0n) is 31.7. The minimum Gasteiger partial charge on any atom is -0.264 e. The van der Waals surface area contributed by atoms with E-state index in [1.165, 1.54) is 54.9 Å². The van der Waals surface area contributed by atoms with Crippen LogP contribution in [0.4, 0.5) is 0 Å². The molecule has 0 aliphatic heterocycles. The zero-order valence-corrected chi connectivity index (χ0v) is 31.7. The molecule has 0 saturated heterocycles. The van der Waals surface area contributed by atoms with Crippen LogP contribution in [0.2, 0.25) is 0 Å². The van der Waals surface area contributed by atoms with Gasteiger partial charge in [0.1, 0.15) is 0 Å². The molecule has 2 aromatic heterocycles. The molecule has 0 N–H and O–H groups in total. The topological polar surface area (TPSA) is 38.7 Å². The van der Waals surface area contributed by atoms with Crippen LogP contribution in [0, 0.1) is 5.92 Å². The number of hydrogen-bond acceptors (Lipinski definition) is 3. The summed E-state index contributed by atoms with van der Waals surface area (Å²) in [6.45, 7) is 0. The third kappa shape index (κ3) is 5.88. The van der Waals surface area contributed by atoms with Crippen molar-refractivity contribution in [1.29, 1.82) is 0 Å². The molecular formula is C55H37N3. The van der Waals surface area contributed by atoms with Crippen LogP contribution in [0.5, 0.6) is 0 Å². The van der Waals surface area contributed by atoms with Crippen molar-refractivity contribution in [2.75, 3.05) is 0 Å². The molecule has 7 aromatic carbocycles. The third-order valence-corrected chi connectivity index (χ3v) is 11.7. The molecule has 0 spiro atoms. The second-order valence-electron chi connectivity index (χ2n) is 15.1. The van der Waals surface area contributed by atoms with E-state index in [9.17, 15) is 0 Å². The molecule has 2 unspecified atom stereocenters. The van der Waals surface area contributed by atoms with Crippen molar-refractivity contribution in [2.45, 2.75) is 5.92 Å². The minimum absolute atomic E-state index is 0.157. The molecule has 11 rings (SSSR count). The van der Waals surface area contributed by atoms with Gasteiger partial charge in [0.2, 0.25) is 0 Å². The predicted molar refractivity (Wildman–Crippen MR) is 241 cm³/mol. The SMILES string of the molecule is C1=CC2C(c3cc(-c4cccc(-c5cccnc5)c4)nc(-c4cccc(-c5c6ccccc6c(-c6ccccc6)c6ccccc56)c4)n3)=Cc3ccccc3C2C=C1. The van der Waals surface area contributed by atoms with Gasteiger partial charge in [-0.3, -0.25) is 4.98 Å². The Morgan fingerprint density at radius 1 is 0.397 bits per heavy atom. The molecular weight excluding hydrogens is 703 g/mol. The van der Waals surface area contributed by atoms with Gasteiger partial charge in [-0.1, -0.05) is 170 Å². The van der Waals surface area contributed by atoms with Crippen molar-refractivity contribution in [3.8, 4) is 56.0 Å². The highest BCUT2D eigenvalue weighted by Gasteiger charge is 2.31. The van der Waals surface area contributed by atoms with Gasteiger partial charge in [0.05, 0.1) is 11.4 Å². The smallest absolute Gasteiger partial charge is 0.160 e. The maximum Gasteiger partial charge on any atom is 0.160 e. The molecule has 58 heavy (non-hydrogen) atoms. The lowest BCUT2D eigenvalue weighted by Gasteiger charge is -2.32. The maximum absolute atomic E-state index is 5.46. The summed E-state index contributed by atoms with van der Waals surface area (Å²) in [7, 11) is 0. The Kier molecular flexibility index (Phi) is 8.29. The fourth-order valence-electron chi connectivity index (χ4n) is 9.09. The van der Waals surface area contributed by atoms with Gasteiger partial charge in [-0.25, -0.2) is 9.97 Å². The van der Waals surface area contributed by atoms with Crippen LogP contribution in [-0.4, -0.2) is 15.0 Å². The lowest BCUT2D eigenvalue weighted by molar-refractivity contribution is 0.706. The van der Waals surface area contributed by atoms with Crippen LogP contribution < -0.4 is 0 Å². The normalized spacial score (nSPS) is 15.6. The first-order chi connectivity index (χ1) is 28.8. The van der Waals surface area contributed by atoms with Gasteiger partial charge in [-0.15, -0.1) is 0 Å². The van der Waals surface area contributed by atoms with Gasteiger partial charge in [-0.2, -0.15) is 0 Å². The maximum atomic E-state index is 5.46. The van der Waals surface area contributed by atoms with Gasteiger partial charge in [0.25, 0.3) is 0 Å². The van der Waals surface area contributed by atoms with Crippen molar-refractivity contribution < 1.29 is 0 Å². The van der Waals surface area contributed by atoms with E-state index in [1.54, 1.807) is 0 Å². The summed E-state index contributed by atoms with van der Waals surface area (Å²) in [5.41, 5.74) is 14.6. The molecule has 0 amide bonds. The van der Waals surface area contributed by atoms with E-state index in [-0.39, 0.29) is 11.8 Å². The lowest BCUT2D eigenvalue weighted by atomic mass is 9.72. The first kappa shape index (κ1) is 33.8. The highest BCUT2D eigenvalue weighted by Crippen LogP contribution is 2.47. The molecule has 2 heterocycles. The van der Waals surface area contributed by atoms with E-state index in [1.807, 2.05) is 18.5 Å². The van der Waals surface area contributed by atoms with E-state index in [2.05, 4.69) is 199 Å². The fourth-order valence-corrected chi connectivity index (χ4v) is 9.09. The summed E-state index contributed by atoms with van der Waals surface area (Å²) in [6.07, 6.45) is 15.1. The number of fused-ring (bicyclic) bond motifs is 5. The van der Waals surface area contributed by atoms with Crippen LogP contribution in [0.25, 0.3) is 89.2 Å². The molecule has 0 radical (unpaired) electrons. The molecule has 2 aliphatic rings. The summed E-state index contributed by atoms with van der Waals surface area (Å²) in [6, 6.07) is 60.8. The summed E-state index contributed by atoms with van der Waals surface area (Å²) in [5.74, 6) is 1.09. The molecule has 0 bridgehead atoms. The zero-order chi connectivity index (χ0) is 38.4. The van der Waals surface area contributed by atoms with Gasteiger partial charge in [0, 0.05) is 40.9 Å². The molecule has 0 saturated carbocycles. The van der Waals surface area contributed by atoms with E-state index in [0.29, 0.717) is 5.82 Å². The first-order valence-corrected chi connectivity index (χ1v) is 19.9. The van der Waals surface area contributed by atoms with E-state index < -0.39 is 0 Å². The van der Waals surface area contributed by atoms with E-state index in [0.717, 1.165) is 39.2 Å². The molecule has 2 aliphatic carbocycles. The summed E-state index contributed by atoms with van der Waals surface area (Å²) in [5, 5.41) is 4.90. The van der Waals surface area contributed by atoms with E-state index in [4.69, 9.17) is 9.97 Å². The van der Waals surface area contributed by atoms with Crippen molar-refractivity contribution in [3.05, 3.63) is 223 Å². The number of benzene rings is 7. The number of pyridine rings is 1. The lowest BCUT2D eigenvalue weighted by Crippen LogP contribution is -2.18. The van der Waals surface area contributed by atoms with Gasteiger partial charge in [0.15, 0.2) is 5.82 Å². The summed E-state index contributed by atoms with van der Waals surface area (Å²) < 4.78 is 0. The van der Waals surface area contributed by atoms with Crippen LogP contribution >= 0.6 is 0 Å². The van der Waals surface area contributed by atoms with Crippen LogP contribution in [0.3, 0.4) is 0 Å². The predicted octanol–water partition coefficient (Wildman–Crippen LogP) is 13.9. The molecule has 9 aromatic rings. The molecule has 0 fully saturated rings. The number of rotatable bonds is 6. The highest BCUT2D eigenvalue weighted by atomic mass is 14.9. The minimum atomic E-state index is 0.157. The monoisotopic (exact) mass is 739 g/mol. The quantitative estimate of drug-likeness (QED) is 0.159. The Hall–Kier alpha value is -7.49. The third-order valence-electron chi connectivity index (χ3n) is 11.7. The van der Waals surface area contributed by atoms with Crippen LogP contribution in [-0.2, 0) is 0 Å². The summed E-state index contributed by atoms with van der Waals surface area (Å²) in [4.78, 5) is 15.2. The van der Waals surface area contributed by atoms with E-state index >= 15 is 0 Å². The van der Waals surface area contributed by atoms with Crippen molar-refractivity contribution in [1.82, 2.24) is 15.0 Å². The molecule has 3 nitrogen and oxygen atoms in total. The molecule has 3 heteroatoms. The van der Waals surface area contributed by atoms with Crippen LogP contribution in [0.1, 0.15) is 22.7 Å². The van der Waals surface area contributed by atoms with Gasteiger partial charge in [-0.05, 0) is 96.4 Å². The number of allylic oxidation sites excluding steroid dienone is 5. The van der Waals surface area contributed by atoms with Crippen LogP contribution in [0.15, 0.2) is 207 Å². The fraction of sp³-hybridized carbons (Fsp3) is 0.0364. The number of hydrogen-bond donors (Lipinski definition) is 0. The highest BCUT2D eigenvalue weighted by molar-refractivity contribution is 6.21. The Balaban J connectivity index is 1.12. The Labute approximate surface area is 338 Å². The van der Waals surface area contributed by atoms with Gasteiger partial charge >= 0.3 is 0 Å². The Bertz CT molecular complexity index is 3060.